The predicted molar refractivity (Wildman–Crippen MR) is 112 cm³/mol. The Kier molecular flexibility index (Phi) is 5.13. The summed E-state index contributed by atoms with van der Waals surface area (Å²) in [6.07, 6.45) is 9.72. The van der Waals surface area contributed by atoms with E-state index in [2.05, 4.69) is 61.6 Å². The molecule has 5 rings (SSSR count). The molecule has 1 aliphatic carbocycles. The first-order valence-corrected chi connectivity index (χ1v) is 10.3. The minimum absolute atomic E-state index is 0.281. The Morgan fingerprint density at radius 2 is 1.31 bits per heavy atom. The summed E-state index contributed by atoms with van der Waals surface area (Å²) in [6.45, 7) is 5.07. The Hall–Kier alpha value is -2.56. The molecule has 2 aromatic carbocycles. The number of epoxide rings is 2. The van der Waals surface area contributed by atoms with Gasteiger partial charge in [-0.2, -0.15) is 0 Å². The van der Waals surface area contributed by atoms with Crippen LogP contribution in [-0.4, -0.2) is 38.6 Å². The standard InChI is InChI=1S/C25H26O4/c1-17-12-22(27-14-24-16-29-24)10-11-25(17)20-4-2-18(3-5-20)19-6-8-21(9-7-19)26-13-23-15-28-23/h2-12,18,20,23-24H,13-16H2,1H3. The second kappa shape index (κ2) is 8.05. The van der Waals surface area contributed by atoms with Gasteiger partial charge in [0.2, 0.25) is 0 Å². The molecule has 0 saturated carbocycles. The van der Waals surface area contributed by atoms with Crippen molar-refractivity contribution in [1.82, 2.24) is 0 Å². The molecule has 150 valence electrons. The van der Waals surface area contributed by atoms with Crippen molar-refractivity contribution in [1.29, 1.82) is 0 Å². The second-order valence-corrected chi connectivity index (χ2v) is 7.94. The van der Waals surface area contributed by atoms with E-state index in [0.29, 0.717) is 25.0 Å². The maximum atomic E-state index is 5.79. The summed E-state index contributed by atoms with van der Waals surface area (Å²) in [5.74, 6) is 2.41. The van der Waals surface area contributed by atoms with Crippen LogP contribution in [0.15, 0.2) is 66.8 Å². The van der Waals surface area contributed by atoms with Crippen molar-refractivity contribution in [2.45, 2.75) is 31.0 Å². The van der Waals surface area contributed by atoms with E-state index in [1.807, 2.05) is 12.1 Å². The molecule has 2 aromatic rings. The molecular weight excluding hydrogens is 364 g/mol. The summed E-state index contributed by atoms with van der Waals surface area (Å²) in [5.41, 5.74) is 3.84. The van der Waals surface area contributed by atoms with Crippen molar-refractivity contribution in [2.24, 2.45) is 0 Å². The highest BCUT2D eigenvalue weighted by Gasteiger charge is 2.24. The van der Waals surface area contributed by atoms with Crippen LogP contribution in [0.25, 0.3) is 0 Å². The van der Waals surface area contributed by atoms with E-state index in [4.69, 9.17) is 18.9 Å². The fraction of sp³-hybridized carbons (Fsp3) is 0.360. The Bertz CT molecular complexity index is 893. The number of rotatable bonds is 8. The van der Waals surface area contributed by atoms with E-state index in [1.54, 1.807) is 0 Å². The quantitative estimate of drug-likeness (QED) is 0.490. The number of aryl methyl sites for hydroxylation is 1. The molecule has 2 unspecified atom stereocenters. The number of allylic oxidation sites excluding steroid dienone is 4. The average Bonchev–Trinajstić information content (AvgIpc) is 3.67. The highest BCUT2D eigenvalue weighted by Crippen LogP contribution is 2.33. The first kappa shape index (κ1) is 18.5. The zero-order valence-electron chi connectivity index (χ0n) is 16.6. The highest BCUT2D eigenvalue weighted by atomic mass is 16.6. The molecular formula is C25H26O4. The molecule has 0 aromatic heterocycles. The van der Waals surface area contributed by atoms with Crippen LogP contribution >= 0.6 is 0 Å². The third-order valence-electron chi connectivity index (χ3n) is 5.59. The first-order chi connectivity index (χ1) is 14.2. The van der Waals surface area contributed by atoms with Gasteiger partial charge in [-0.15, -0.1) is 0 Å². The zero-order valence-corrected chi connectivity index (χ0v) is 16.6. The summed E-state index contributed by atoms with van der Waals surface area (Å²) >= 11 is 0. The molecule has 2 aliphatic heterocycles. The lowest BCUT2D eigenvalue weighted by molar-refractivity contribution is 0.263. The van der Waals surface area contributed by atoms with Gasteiger partial charge < -0.3 is 18.9 Å². The molecule has 3 aliphatic rings. The van der Waals surface area contributed by atoms with Crippen LogP contribution in [-0.2, 0) is 9.47 Å². The number of hydrogen-bond acceptors (Lipinski definition) is 4. The van der Waals surface area contributed by atoms with E-state index in [-0.39, 0.29) is 12.2 Å². The van der Waals surface area contributed by atoms with Gasteiger partial charge in [0.05, 0.1) is 13.2 Å². The lowest BCUT2D eigenvalue weighted by Gasteiger charge is -2.20. The summed E-state index contributed by atoms with van der Waals surface area (Å²) in [6, 6.07) is 14.7. The molecule has 29 heavy (non-hydrogen) atoms. The Morgan fingerprint density at radius 1 is 0.759 bits per heavy atom. The van der Waals surface area contributed by atoms with Crippen LogP contribution in [0.2, 0.25) is 0 Å². The normalized spacial score (nSPS) is 26.9. The summed E-state index contributed by atoms with van der Waals surface area (Å²) in [5, 5.41) is 0. The van der Waals surface area contributed by atoms with Crippen LogP contribution in [0.4, 0.5) is 0 Å². The van der Waals surface area contributed by atoms with Crippen molar-refractivity contribution < 1.29 is 18.9 Å². The molecule has 0 spiro atoms. The van der Waals surface area contributed by atoms with Crippen LogP contribution in [0.1, 0.15) is 28.5 Å². The van der Waals surface area contributed by atoms with Crippen molar-refractivity contribution in [3.05, 3.63) is 83.5 Å². The maximum Gasteiger partial charge on any atom is 0.119 e. The Balaban J connectivity index is 1.20. The molecule has 4 heteroatoms. The van der Waals surface area contributed by atoms with Crippen molar-refractivity contribution >= 4 is 0 Å². The molecule has 2 saturated heterocycles. The van der Waals surface area contributed by atoms with Crippen LogP contribution in [0.3, 0.4) is 0 Å². The van der Waals surface area contributed by atoms with Gasteiger partial charge in [-0.25, -0.2) is 0 Å². The van der Waals surface area contributed by atoms with Crippen LogP contribution in [0, 0.1) is 6.92 Å². The summed E-state index contributed by atoms with van der Waals surface area (Å²) in [4.78, 5) is 0. The van der Waals surface area contributed by atoms with Crippen LogP contribution in [0.5, 0.6) is 11.5 Å². The lowest BCUT2D eigenvalue weighted by Crippen LogP contribution is -2.06. The van der Waals surface area contributed by atoms with E-state index in [0.717, 1.165) is 24.7 Å². The van der Waals surface area contributed by atoms with E-state index < -0.39 is 0 Å². The van der Waals surface area contributed by atoms with Gasteiger partial charge >= 0.3 is 0 Å². The monoisotopic (exact) mass is 390 g/mol. The summed E-state index contributed by atoms with van der Waals surface area (Å²) in [7, 11) is 0. The molecule has 2 heterocycles. The molecule has 2 atom stereocenters. The van der Waals surface area contributed by atoms with Gasteiger partial charge in [-0.1, -0.05) is 42.5 Å². The summed E-state index contributed by atoms with van der Waals surface area (Å²) < 4.78 is 21.9. The minimum atomic E-state index is 0.281. The van der Waals surface area contributed by atoms with E-state index in [9.17, 15) is 0 Å². The topological polar surface area (TPSA) is 43.5 Å². The zero-order chi connectivity index (χ0) is 19.6. The smallest absolute Gasteiger partial charge is 0.119 e. The minimum Gasteiger partial charge on any atom is -0.491 e. The Morgan fingerprint density at radius 3 is 1.90 bits per heavy atom. The number of hydrogen-bond donors (Lipinski definition) is 0. The van der Waals surface area contributed by atoms with Gasteiger partial charge in [0.25, 0.3) is 0 Å². The fourth-order valence-corrected chi connectivity index (χ4v) is 3.64. The molecule has 4 nitrogen and oxygen atoms in total. The van der Waals surface area contributed by atoms with Gasteiger partial charge in [-0.05, 0) is 47.9 Å². The van der Waals surface area contributed by atoms with Gasteiger partial charge in [0.15, 0.2) is 0 Å². The third kappa shape index (κ3) is 4.72. The predicted octanol–water partition coefficient (Wildman–Crippen LogP) is 4.54. The SMILES string of the molecule is Cc1cc(OCC2CO2)ccc1C1C=CC(c2ccc(OCC3CO3)cc2)C=C1. The van der Waals surface area contributed by atoms with Gasteiger partial charge in [0, 0.05) is 11.8 Å². The van der Waals surface area contributed by atoms with Crippen molar-refractivity contribution in [3.8, 4) is 11.5 Å². The fourth-order valence-electron chi connectivity index (χ4n) is 3.64. The van der Waals surface area contributed by atoms with Crippen molar-refractivity contribution in [3.63, 3.8) is 0 Å². The molecule has 0 N–H and O–H groups in total. The highest BCUT2D eigenvalue weighted by molar-refractivity contribution is 5.44. The number of ether oxygens (including phenoxy) is 4. The largest absolute Gasteiger partial charge is 0.491 e. The van der Waals surface area contributed by atoms with E-state index >= 15 is 0 Å². The first-order valence-electron chi connectivity index (χ1n) is 10.3. The molecule has 0 radical (unpaired) electrons. The lowest BCUT2D eigenvalue weighted by atomic mass is 9.86. The van der Waals surface area contributed by atoms with Crippen LogP contribution < -0.4 is 9.47 Å². The number of benzene rings is 2. The maximum absolute atomic E-state index is 5.79. The van der Waals surface area contributed by atoms with Gasteiger partial charge in [0.1, 0.15) is 36.9 Å². The van der Waals surface area contributed by atoms with E-state index in [1.165, 1.54) is 16.7 Å². The molecule has 0 bridgehead atoms. The second-order valence-electron chi connectivity index (χ2n) is 7.94. The van der Waals surface area contributed by atoms with Gasteiger partial charge in [-0.3, -0.25) is 0 Å². The molecule has 2 fully saturated rings. The Labute approximate surface area is 171 Å². The molecule has 0 amide bonds. The van der Waals surface area contributed by atoms with Crippen molar-refractivity contribution in [2.75, 3.05) is 26.4 Å². The third-order valence-corrected chi connectivity index (χ3v) is 5.59. The average molecular weight is 390 g/mol.